The molecule has 0 amide bonds. The Bertz CT molecular complexity index is 202. The van der Waals surface area contributed by atoms with Crippen LogP contribution in [0.15, 0.2) is 29.2 Å². The molecule has 3 heteroatoms. The molecule has 0 aliphatic rings. The van der Waals surface area contributed by atoms with Crippen LogP contribution < -0.4 is 5.14 Å². The highest BCUT2D eigenvalue weighted by molar-refractivity contribution is 7.97. The highest BCUT2D eigenvalue weighted by atomic mass is 32.2. The maximum absolute atomic E-state index is 12.3. The maximum Gasteiger partial charge on any atom is 0.124 e. The van der Waals surface area contributed by atoms with Crippen LogP contribution in [-0.2, 0) is 0 Å². The molecule has 0 aromatic heterocycles. The third kappa shape index (κ3) is 1.69. The molecule has 0 radical (unpaired) electrons. The fraction of sp³-hybridized carbons (Fsp3) is 0. The molecule has 0 saturated carbocycles. The molecule has 9 heavy (non-hydrogen) atoms. The van der Waals surface area contributed by atoms with Gasteiger partial charge in [-0.3, -0.25) is 5.14 Å². The zero-order valence-electron chi connectivity index (χ0n) is 4.67. The lowest BCUT2D eigenvalue weighted by Gasteiger charge is -1.91. The summed E-state index contributed by atoms with van der Waals surface area (Å²) in [5, 5.41) is 5.17. The molecule has 0 bridgehead atoms. The lowest BCUT2D eigenvalue weighted by atomic mass is 10.4. The maximum atomic E-state index is 12.3. The van der Waals surface area contributed by atoms with E-state index in [4.69, 9.17) is 5.14 Å². The Kier molecular flexibility index (Phi) is 2.08. The summed E-state index contributed by atoms with van der Waals surface area (Å²) in [5.41, 5.74) is 0. The summed E-state index contributed by atoms with van der Waals surface area (Å²) in [7, 11) is 0. The van der Waals surface area contributed by atoms with Crippen molar-refractivity contribution in [3.8, 4) is 0 Å². The first-order chi connectivity index (χ1) is 4.33. The molecular weight excluding hydrogens is 137 g/mol. The van der Waals surface area contributed by atoms with Crippen molar-refractivity contribution in [2.75, 3.05) is 0 Å². The Morgan fingerprint density at radius 3 is 2.67 bits per heavy atom. The molecule has 0 aliphatic heterocycles. The van der Waals surface area contributed by atoms with E-state index in [9.17, 15) is 4.39 Å². The fourth-order valence-electron chi connectivity index (χ4n) is 0.540. The van der Waals surface area contributed by atoms with Gasteiger partial charge in [-0.05, 0) is 30.1 Å². The van der Waals surface area contributed by atoms with Crippen LogP contribution in [0.2, 0.25) is 0 Å². The van der Waals surface area contributed by atoms with Crippen LogP contribution in [0.5, 0.6) is 0 Å². The second kappa shape index (κ2) is 2.85. The lowest BCUT2D eigenvalue weighted by molar-refractivity contribution is 0.624. The van der Waals surface area contributed by atoms with Gasteiger partial charge >= 0.3 is 0 Å². The molecule has 2 N–H and O–H groups in total. The number of rotatable bonds is 1. The highest BCUT2D eigenvalue weighted by Gasteiger charge is 1.90. The van der Waals surface area contributed by atoms with Crippen LogP contribution in [0.25, 0.3) is 0 Å². The van der Waals surface area contributed by atoms with Crippen molar-refractivity contribution in [2.24, 2.45) is 5.14 Å². The molecule has 0 saturated heterocycles. The summed E-state index contributed by atoms with van der Waals surface area (Å²) in [4.78, 5) is 0.745. The second-order valence-corrected chi connectivity index (χ2v) is 2.28. The van der Waals surface area contributed by atoms with Gasteiger partial charge in [0, 0.05) is 4.90 Å². The number of halogens is 1. The Labute approximate surface area is 57.2 Å². The number of nitrogens with two attached hydrogens (primary N) is 1. The zero-order valence-corrected chi connectivity index (χ0v) is 5.49. The number of hydrogen-bond acceptors (Lipinski definition) is 2. The van der Waals surface area contributed by atoms with E-state index in [1.807, 2.05) is 0 Å². The fourth-order valence-corrected chi connectivity index (χ4v) is 0.878. The van der Waals surface area contributed by atoms with Crippen LogP contribution in [0.4, 0.5) is 4.39 Å². The minimum Gasteiger partial charge on any atom is -0.274 e. The Balaban J connectivity index is 2.94. The molecule has 0 aliphatic carbocycles. The molecule has 0 atom stereocenters. The Hall–Kier alpha value is -0.540. The highest BCUT2D eigenvalue weighted by Crippen LogP contribution is 2.11. The monoisotopic (exact) mass is 143 g/mol. The molecule has 1 rings (SSSR count). The third-order valence-corrected chi connectivity index (χ3v) is 1.46. The van der Waals surface area contributed by atoms with Crippen LogP contribution in [0, 0.1) is 5.82 Å². The van der Waals surface area contributed by atoms with E-state index in [0.29, 0.717) is 0 Å². The topological polar surface area (TPSA) is 26.0 Å². The van der Waals surface area contributed by atoms with Crippen molar-refractivity contribution in [1.82, 2.24) is 0 Å². The van der Waals surface area contributed by atoms with Gasteiger partial charge in [-0.15, -0.1) is 0 Å². The van der Waals surface area contributed by atoms with Gasteiger partial charge in [0.25, 0.3) is 0 Å². The van der Waals surface area contributed by atoms with Gasteiger partial charge in [0.1, 0.15) is 5.82 Å². The van der Waals surface area contributed by atoms with E-state index in [2.05, 4.69) is 0 Å². The minimum atomic E-state index is -0.245. The van der Waals surface area contributed by atoms with Gasteiger partial charge in [0.2, 0.25) is 0 Å². The third-order valence-electron chi connectivity index (χ3n) is 0.932. The quantitative estimate of drug-likeness (QED) is 0.606. The van der Waals surface area contributed by atoms with Gasteiger partial charge in [0.15, 0.2) is 0 Å². The summed E-state index contributed by atoms with van der Waals surface area (Å²) < 4.78 is 12.3. The predicted molar refractivity (Wildman–Crippen MR) is 36.4 cm³/mol. The van der Waals surface area contributed by atoms with Gasteiger partial charge in [-0.2, -0.15) is 0 Å². The lowest BCUT2D eigenvalue weighted by Crippen LogP contribution is -1.79. The van der Waals surface area contributed by atoms with Crippen LogP contribution in [0.3, 0.4) is 0 Å². The smallest absolute Gasteiger partial charge is 0.124 e. The first-order valence-corrected chi connectivity index (χ1v) is 3.33. The average molecular weight is 143 g/mol. The molecule has 1 aromatic carbocycles. The van der Waals surface area contributed by atoms with E-state index in [-0.39, 0.29) is 5.82 Å². The number of hydrogen-bond donors (Lipinski definition) is 1. The van der Waals surface area contributed by atoms with Gasteiger partial charge < -0.3 is 0 Å². The molecule has 0 fully saturated rings. The zero-order chi connectivity index (χ0) is 6.69. The largest absolute Gasteiger partial charge is 0.274 e. The number of benzene rings is 1. The molecule has 0 spiro atoms. The average Bonchev–Trinajstić information content (AvgIpc) is 1.88. The summed E-state index contributed by atoms with van der Waals surface area (Å²) in [6.07, 6.45) is 0. The van der Waals surface area contributed by atoms with Gasteiger partial charge in [-0.1, -0.05) is 6.07 Å². The molecular formula is C6H6FNS. The summed E-state index contributed by atoms with van der Waals surface area (Å²) in [6, 6.07) is 6.17. The summed E-state index contributed by atoms with van der Waals surface area (Å²) in [6.45, 7) is 0. The van der Waals surface area contributed by atoms with Gasteiger partial charge in [0.05, 0.1) is 0 Å². The first-order valence-electron chi connectivity index (χ1n) is 2.45. The Morgan fingerprint density at radius 1 is 1.44 bits per heavy atom. The van der Waals surface area contributed by atoms with Crippen molar-refractivity contribution in [3.05, 3.63) is 30.1 Å². The molecule has 48 valence electrons. The van der Waals surface area contributed by atoms with E-state index in [0.717, 1.165) is 16.8 Å². The van der Waals surface area contributed by atoms with Crippen molar-refractivity contribution in [2.45, 2.75) is 4.90 Å². The van der Waals surface area contributed by atoms with E-state index in [1.165, 1.54) is 12.1 Å². The normalized spacial score (nSPS) is 9.56. The minimum absolute atomic E-state index is 0.245. The van der Waals surface area contributed by atoms with Gasteiger partial charge in [-0.25, -0.2) is 4.39 Å². The van der Waals surface area contributed by atoms with Crippen LogP contribution >= 0.6 is 11.9 Å². The summed E-state index contributed by atoms with van der Waals surface area (Å²) >= 11 is 1.04. The van der Waals surface area contributed by atoms with E-state index < -0.39 is 0 Å². The van der Waals surface area contributed by atoms with E-state index in [1.54, 1.807) is 12.1 Å². The summed E-state index contributed by atoms with van der Waals surface area (Å²) in [5.74, 6) is -0.245. The van der Waals surface area contributed by atoms with Crippen molar-refractivity contribution >= 4 is 11.9 Å². The van der Waals surface area contributed by atoms with Crippen LogP contribution in [-0.4, -0.2) is 0 Å². The van der Waals surface area contributed by atoms with Crippen molar-refractivity contribution < 1.29 is 4.39 Å². The Morgan fingerprint density at radius 2 is 2.22 bits per heavy atom. The van der Waals surface area contributed by atoms with Crippen LogP contribution in [0.1, 0.15) is 0 Å². The molecule has 1 aromatic rings. The molecule has 0 unspecified atom stereocenters. The molecule has 1 nitrogen and oxygen atoms in total. The molecule has 0 heterocycles. The van der Waals surface area contributed by atoms with E-state index >= 15 is 0 Å². The van der Waals surface area contributed by atoms with Crippen molar-refractivity contribution in [1.29, 1.82) is 0 Å². The SMILES string of the molecule is NSc1cccc(F)c1. The standard InChI is InChI=1S/C6H6FNS/c7-5-2-1-3-6(4-5)9-8/h1-4H,8H2. The predicted octanol–water partition coefficient (Wildman–Crippen LogP) is 1.79. The second-order valence-electron chi connectivity index (χ2n) is 1.58. The first kappa shape index (κ1) is 6.58. The van der Waals surface area contributed by atoms with Crippen molar-refractivity contribution in [3.63, 3.8) is 0 Å².